The minimum Gasteiger partial charge on any atom is -0.458 e. The molecule has 0 radical (unpaired) electrons. The minimum atomic E-state index is -0.855. The lowest BCUT2D eigenvalue weighted by Gasteiger charge is -2.24. The van der Waals surface area contributed by atoms with Crippen LogP contribution in [0, 0.1) is 0 Å². The van der Waals surface area contributed by atoms with Crippen LogP contribution in [0.4, 0.5) is 0 Å². The molecular weight excluding hydrogens is 332 g/mol. The van der Waals surface area contributed by atoms with Crippen molar-refractivity contribution in [2.24, 2.45) is 0 Å². The molecule has 0 saturated carbocycles. The third-order valence-electron chi connectivity index (χ3n) is 5.00. The van der Waals surface area contributed by atoms with Crippen LogP contribution in [-0.4, -0.2) is 22.1 Å². The smallest absolute Gasteiger partial charge is 0.340 e. The molecule has 2 aliphatic heterocycles. The summed E-state index contributed by atoms with van der Waals surface area (Å²) in [6.07, 6.45) is -0.855. The number of fused-ring (bicyclic) bond motifs is 5. The molecule has 5 rings (SSSR count). The second kappa shape index (κ2) is 5.51. The van der Waals surface area contributed by atoms with Gasteiger partial charge in [0.1, 0.15) is 6.61 Å². The first-order valence-electron chi connectivity index (χ1n) is 8.61. The van der Waals surface area contributed by atoms with E-state index in [1.54, 1.807) is 4.57 Å². The largest absolute Gasteiger partial charge is 0.458 e. The molecule has 6 heteroatoms. The van der Waals surface area contributed by atoms with Crippen molar-refractivity contribution in [3.05, 3.63) is 63.4 Å². The lowest BCUT2D eigenvalue weighted by atomic mass is 10.00. The fourth-order valence-electron chi connectivity index (χ4n) is 3.78. The van der Waals surface area contributed by atoms with Gasteiger partial charge in [-0.3, -0.25) is 4.79 Å². The lowest BCUT2D eigenvalue weighted by Crippen LogP contribution is -2.33. The SMILES string of the molecule is CCO[C@@H]1C(=O)OCc2c1cc1n(c2=O)Cc2cc3ccccc3nc2-1. The molecule has 130 valence electrons. The number of carbonyl (C=O) groups excluding carboxylic acids is 1. The van der Waals surface area contributed by atoms with E-state index in [1.807, 2.05) is 37.3 Å². The van der Waals surface area contributed by atoms with Crippen LogP contribution >= 0.6 is 0 Å². The number of benzene rings is 1. The maximum atomic E-state index is 13.0. The van der Waals surface area contributed by atoms with Crippen molar-refractivity contribution in [1.29, 1.82) is 0 Å². The normalized spacial score (nSPS) is 17.6. The second-order valence-corrected chi connectivity index (χ2v) is 6.49. The first-order valence-corrected chi connectivity index (χ1v) is 8.61. The predicted molar refractivity (Wildman–Crippen MR) is 94.7 cm³/mol. The van der Waals surface area contributed by atoms with Gasteiger partial charge < -0.3 is 14.0 Å². The summed E-state index contributed by atoms with van der Waals surface area (Å²) in [4.78, 5) is 29.9. The Balaban J connectivity index is 1.75. The van der Waals surface area contributed by atoms with Crippen molar-refractivity contribution in [1.82, 2.24) is 9.55 Å². The average Bonchev–Trinajstić information content (AvgIpc) is 3.00. The highest BCUT2D eigenvalue weighted by Gasteiger charge is 2.35. The van der Waals surface area contributed by atoms with Gasteiger partial charge in [-0.05, 0) is 25.1 Å². The fourth-order valence-corrected chi connectivity index (χ4v) is 3.78. The Kier molecular flexibility index (Phi) is 3.24. The number of pyridine rings is 2. The van der Waals surface area contributed by atoms with Gasteiger partial charge in [0.2, 0.25) is 0 Å². The Morgan fingerprint density at radius 2 is 2.12 bits per heavy atom. The van der Waals surface area contributed by atoms with Crippen LogP contribution in [0.25, 0.3) is 22.3 Å². The highest BCUT2D eigenvalue weighted by atomic mass is 16.6. The maximum Gasteiger partial charge on any atom is 0.340 e. The number of aromatic nitrogens is 2. The summed E-state index contributed by atoms with van der Waals surface area (Å²) in [7, 11) is 0. The van der Waals surface area contributed by atoms with Crippen molar-refractivity contribution in [2.45, 2.75) is 26.2 Å². The zero-order valence-corrected chi connectivity index (χ0v) is 14.2. The monoisotopic (exact) mass is 348 g/mol. The number of hydrogen-bond acceptors (Lipinski definition) is 5. The van der Waals surface area contributed by atoms with Crippen LogP contribution in [0.1, 0.15) is 29.7 Å². The number of hydrogen-bond donors (Lipinski definition) is 0. The Morgan fingerprint density at radius 1 is 1.27 bits per heavy atom. The van der Waals surface area contributed by atoms with Gasteiger partial charge in [-0.15, -0.1) is 0 Å². The molecule has 3 aromatic rings. The van der Waals surface area contributed by atoms with Crippen molar-refractivity contribution in [3.8, 4) is 11.4 Å². The van der Waals surface area contributed by atoms with Gasteiger partial charge in [-0.1, -0.05) is 18.2 Å². The lowest BCUT2D eigenvalue weighted by molar-refractivity contribution is -0.161. The molecule has 0 amide bonds. The van der Waals surface area contributed by atoms with E-state index < -0.39 is 12.1 Å². The summed E-state index contributed by atoms with van der Waals surface area (Å²) in [6.45, 7) is 2.63. The highest BCUT2D eigenvalue weighted by molar-refractivity contribution is 5.84. The Bertz CT molecular complexity index is 1130. The van der Waals surface area contributed by atoms with Gasteiger partial charge in [0.05, 0.1) is 29.0 Å². The molecule has 26 heavy (non-hydrogen) atoms. The van der Waals surface area contributed by atoms with Gasteiger partial charge in [0.25, 0.3) is 5.56 Å². The highest BCUT2D eigenvalue weighted by Crippen LogP contribution is 2.36. The third kappa shape index (κ3) is 2.05. The van der Waals surface area contributed by atoms with Crippen molar-refractivity contribution >= 4 is 16.9 Å². The van der Waals surface area contributed by atoms with Crippen molar-refractivity contribution in [3.63, 3.8) is 0 Å². The molecule has 0 bridgehead atoms. The number of carbonyl (C=O) groups is 1. The molecule has 0 spiro atoms. The predicted octanol–water partition coefficient (Wildman–Crippen LogP) is 2.56. The summed E-state index contributed by atoms with van der Waals surface area (Å²) in [5.41, 5.74) is 4.35. The summed E-state index contributed by atoms with van der Waals surface area (Å²) in [5, 5.41) is 1.04. The van der Waals surface area contributed by atoms with Crippen LogP contribution in [-0.2, 0) is 27.4 Å². The molecule has 6 nitrogen and oxygen atoms in total. The van der Waals surface area contributed by atoms with E-state index in [1.165, 1.54) is 0 Å². The molecule has 4 heterocycles. The molecule has 2 aromatic heterocycles. The summed E-state index contributed by atoms with van der Waals surface area (Å²) in [6, 6.07) is 11.8. The zero-order valence-electron chi connectivity index (χ0n) is 14.2. The minimum absolute atomic E-state index is 0.0113. The van der Waals surface area contributed by atoms with Crippen LogP contribution in [0.2, 0.25) is 0 Å². The van der Waals surface area contributed by atoms with E-state index in [9.17, 15) is 9.59 Å². The molecule has 0 fully saturated rings. The Morgan fingerprint density at radius 3 is 2.96 bits per heavy atom. The average molecular weight is 348 g/mol. The Labute approximate surface area is 149 Å². The number of esters is 1. The van der Waals surface area contributed by atoms with E-state index in [0.717, 1.165) is 27.9 Å². The quantitative estimate of drug-likeness (QED) is 0.521. The Hall–Kier alpha value is -2.99. The molecule has 0 saturated heterocycles. The van der Waals surface area contributed by atoms with E-state index in [4.69, 9.17) is 14.5 Å². The molecule has 0 N–H and O–H groups in total. The van der Waals surface area contributed by atoms with E-state index in [-0.39, 0.29) is 12.2 Å². The van der Waals surface area contributed by atoms with Crippen LogP contribution in [0.3, 0.4) is 0 Å². The number of rotatable bonds is 2. The number of cyclic esters (lactones) is 1. The van der Waals surface area contributed by atoms with Gasteiger partial charge in [-0.2, -0.15) is 0 Å². The van der Waals surface area contributed by atoms with E-state index in [2.05, 4.69) is 6.07 Å². The van der Waals surface area contributed by atoms with Crippen LogP contribution in [0.5, 0.6) is 0 Å². The first-order chi connectivity index (χ1) is 12.7. The number of para-hydroxylation sites is 1. The van der Waals surface area contributed by atoms with Crippen LogP contribution < -0.4 is 5.56 Å². The van der Waals surface area contributed by atoms with Gasteiger partial charge in [0, 0.05) is 23.1 Å². The van der Waals surface area contributed by atoms with Gasteiger partial charge in [-0.25, -0.2) is 9.78 Å². The zero-order chi connectivity index (χ0) is 17.8. The van der Waals surface area contributed by atoms with Crippen molar-refractivity contribution in [2.75, 3.05) is 6.61 Å². The molecule has 1 atom stereocenters. The summed E-state index contributed by atoms with van der Waals surface area (Å²) >= 11 is 0. The first kappa shape index (κ1) is 15.3. The summed E-state index contributed by atoms with van der Waals surface area (Å²) in [5.74, 6) is -0.451. The molecular formula is C20H16N2O4. The van der Waals surface area contributed by atoms with Crippen molar-refractivity contribution < 1.29 is 14.3 Å². The number of nitrogens with zero attached hydrogens (tertiary/aromatic N) is 2. The topological polar surface area (TPSA) is 70.4 Å². The maximum absolute atomic E-state index is 13.0. The third-order valence-corrected chi connectivity index (χ3v) is 5.00. The summed E-state index contributed by atoms with van der Waals surface area (Å²) < 4.78 is 12.4. The molecule has 0 unspecified atom stereocenters. The van der Waals surface area contributed by atoms with Crippen LogP contribution in [0.15, 0.2) is 41.2 Å². The standard InChI is InChI=1S/C20H16N2O4/c1-2-25-18-13-8-16-17-12(7-11-5-3-4-6-15(11)21-17)9-22(16)19(23)14(13)10-26-20(18)24/h3-8,18H,2,9-10H2,1H3/t18-/m0/s1. The van der Waals surface area contributed by atoms with Gasteiger partial charge >= 0.3 is 5.97 Å². The molecule has 1 aromatic carbocycles. The fraction of sp³-hybridized carbons (Fsp3) is 0.250. The van der Waals surface area contributed by atoms with E-state index in [0.29, 0.717) is 24.3 Å². The molecule has 2 aliphatic rings. The number of ether oxygens (including phenoxy) is 2. The second-order valence-electron chi connectivity index (χ2n) is 6.49. The molecule has 0 aliphatic carbocycles. The van der Waals surface area contributed by atoms with Gasteiger partial charge in [0.15, 0.2) is 6.10 Å². The van der Waals surface area contributed by atoms with E-state index >= 15 is 0 Å².